The fourth-order valence-electron chi connectivity index (χ4n) is 4.20. The van der Waals surface area contributed by atoms with Crippen LogP contribution in [0.2, 0.25) is 0 Å². The van der Waals surface area contributed by atoms with E-state index in [0.717, 1.165) is 17.7 Å². The molecule has 0 spiro atoms. The summed E-state index contributed by atoms with van der Waals surface area (Å²) >= 11 is 0. The third-order valence-corrected chi connectivity index (χ3v) is 5.74. The minimum Gasteiger partial charge on any atom is -0.508 e. The Balaban J connectivity index is 1.50. The fourth-order valence-corrected chi connectivity index (χ4v) is 4.20. The largest absolute Gasteiger partial charge is 0.508 e. The Hall–Kier alpha value is -2.78. The molecular formula is C25H27NO2. The van der Waals surface area contributed by atoms with Gasteiger partial charge >= 0.3 is 0 Å². The molecule has 0 saturated carbocycles. The van der Waals surface area contributed by atoms with E-state index in [0.29, 0.717) is 5.92 Å². The number of aliphatic hydroxyl groups is 2. The molecule has 3 N–H and O–H groups in total. The van der Waals surface area contributed by atoms with E-state index in [4.69, 9.17) is 0 Å². The molecule has 1 aromatic carbocycles. The predicted octanol–water partition coefficient (Wildman–Crippen LogP) is 5.07. The van der Waals surface area contributed by atoms with E-state index in [1.165, 1.54) is 33.9 Å². The quantitative estimate of drug-likeness (QED) is 0.691. The van der Waals surface area contributed by atoms with Gasteiger partial charge in [0, 0.05) is 18.0 Å². The lowest BCUT2D eigenvalue weighted by atomic mass is 9.96. The summed E-state index contributed by atoms with van der Waals surface area (Å²) in [6.45, 7) is 6.22. The lowest BCUT2D eigenvalue weighted by Crippen LogP contribution is -2.40. The van der Waals surface area contributed by atoms with Gasteiger partial charge in [0.05, 0.1) is 12.1 Å². The lowest BCUT2D eigenvalue weighted by Gasteiger charge is -2.27. The summed E-state index contributed by atoms with van der Waals surface area (Å²) in [5.41, 5.74) is 8.43. The van der Waals surface area contributed by atoms with Gasteiger partial charge < -0.3 is 15.5 Å². The maximum Gasteiger partial charge on any atom is 0.114 e. The van der Waals surface area contributed by atoms with Gasteiger partial charge in [-0.2, -0.15) is 0 Å². The first-order valence-corrected chi connectivity index (χ1v) is 9.81. The first-order chi connectivity index (χ1) is 13.4. The highest BCUT2D eigenvalue weighted by atomic mass is 16.3. The smallest absolute Gasteiger partial charge is 0.114 e. The topological polar surface area (TPSA) is 52.5 Å². The fraction of sp³-hybridized carbons (Fsp3) is 0.280. The van der Waals surface area contributed by atoms with Gasteiger partial charge in [-0.05, 0) is 61.3 Å². The molecule has 3 unspecified atom stereocenters. The zero-order chi connectivity index (χ0) is 19.8. The summed E-state index contributed by atoms with van der Waals surface area (Å²) < 4.78 is 0. The van der Waals surface area contributed by atoms with Crippen LogP contribution < -0.4 is 5.32 Å². The third-order valence-electron chi connectivity index (χ3n) is 5.74. The molecule has 3 aliphatic carbocycles. The highest BCUT2D eigenvalue weighted by Gasteiger charge is 2.25. The van der Waals surface area contributed by atoms with Crippen LogP contribution >= 0.6 is 0 Å². The van der Waals surface area contributed by atoms with E-state index in [9.17, 15) is 10.2 Å². The maximum absolute atomic E-state index is 10.3. The summed E-state index contributed by atoms with van der Waals surface area (Å²) in [5, 5.41) is 23.4. The van der Waals surface area contributed by atoms with E-state index < -0.39 is 6.10 Å². The van der Waals surface area contributed by atoms with Crippen molar-refractivity contribution in [3.8, 4) is 0 Å². The molecule has 3 nitrogen and oxygen atoms in total. The Morgan fingerprint density at radius 1 is 1.00 bits per heavy atom. The van der Waals surface area contributed by atoms with E-state index in [2.05, 4.69) is 67.7 Å². The maximum atomic E-state index is 10.3. The Kier molecular flexibility index (Phi) is 4.86. The van der Waals surface area contributed by atoms with Crippen LogP contribution in [0.15, 0.2) is 88.9 Å². The molecule has 0 bridgehead atoms. The van der Waals surface area contributed by atoms with Gasteiger partial charge in [-0.3, -0.25) is 0 Å². The van der Waals surface area contributed by atoms with E-state index in [1.807, 2.05) is 6.92 Å². The number of benzene rings is 1. The Labute approximate surface area is 166 Å². The van der Waals surface area contributed by atoms with Crippen molar-refractivity contribution in [2.24, 2.45) is 0 Å². The van der Waals surface area contributed by atoms with Crippen molar-refractivity contribution >= 4 is 5.57 Å². The van der Waals surface area contributed by atoms with E-state index in [-0.39, 0.29) is 11.8 Å². The summed E-state index contributed by atoms with van der Waals surface area (Å²) in [4.78, 5) is 0. The lowest BCUT2D eigenvalue weighted by molar-refractivity contribution is 0.183. The molecule has 28 heavy (non-hydrogen) atoms. The third kappa shape index (κ3) is 3.63. The molecule has 0 aromatic heterocycles. The summed E-state index contributed by atoms with van der Waals surface area (Å²) in [7, 11) is 0. The van der Waals surface area contributed by atoms with Crippen molar-refractivity contribution in [3.63, 3.8) is 0 Å². The van der Waals surface area contributed by atoms with Gasteiger partial charge in [0.2, 0.25) is 0 Å². The van der Waals surface area contributed by atoms with Crippen molar-refractivity contribution < 1.29 is 10.2 Å². The van der Waals surface area contributed by atoms with Crippen LogP contribution in [0.4, 0.5) is 0 Å². The monoisotopic (exact) mass is 373 g/mol. The number of allylic oxidation sites excluding steroid dienone is 8. The standard InChI is InChI=1S/C25H27NO2/c1-15-4-5-20(10-15)18-6-8-19(9-7-18)23-13-21(11-16(23)2)26-25-17(3)12-22(27)14-24(25)28/h4-10,12-14,20,24-28H,11H2,1-3H3. The van der Waals surface area contributed by atoms with Crippen LogP contribution in [0, 0.1) is 0 Å². The average Bonchev–Trinajstić information content (AvgIpc) is 3.24. The highest BCUT2D eigenvalue weighted by molar-refractivity contribution is 5.80. The number of aliphatic hydroxyl groups excluding tert-OH is 2. The Morgan fingerprint density at radius 3 is 2.39 bits per heavy atom. The van der Waals surface area contributed by atoms with Gasteiger partial charge in [0.25, 0.3) is 0 Å². The first-order valence-electron chi connectivity index (χ1n) is 9.81. The number of rotatable bonds is 4. The summed E-state index contributed by atoms with van der Waals surface area (Å²) in [5.74, 6) is 0.508. The van der Waals surface area contributed by atoms with Crippen LogP contribution in [0.25, 0.3) is 5.57 Å². The van der Waals surface area contributed by atoms with Crippen LogP contribution in [0.5, 0.6) is 0 Å². The van der Waals surface area contributed by atoms with Crippen LogP contribution in [0.3, 0.4) is 0 Å². The van der Waals surface area contributed by atoms with Crippen molar-refractivity contribution in [3.05, 3.63) is 100 Å². The number of hydrogen-bond acceptors (Lipinski definition) is 3. The summed E-state index contributed by atoms with van der Waals surface area (Å²) in [6, 6.07) is 8.62. The number of nitrogens with one attached hydrogen (secondary N) is 1. The molecule has 0 amide bonds. The Bertz CT molecular complexity index is 970. The molecule has 0 radical (unpaired) electrons. The molecule has 0 heterocycles. The van der Waals surface area contributed by atoms with Gasteiger partial charge in [-0.1, -0.05) is 53.6 Å². The molecule has 0 aliphatic heterocycles. The van der Waals surface area contributed by atoms with Crippen LogP contribution in [-0.2, 0) is 0 Å². The SMILES string of the molecule is CC1=CC(c2ccc(C3=C(C)CC(NC4C(C)=CC(O)=CC4O)=C3)cc2)C=C1. The molecule has 3 atom stereocenters. The second-order valence-corrected chi connectivity index (χ2v) is 8.05. The summed E-state index contributed by atoms with van der Waals surface area (Å²) in [6.07, 6.45) is 12.2. The van der Waals surface area contributed by atoms with Gasteiger partial charge in [0.15, 0.2) is 0 Å². The number of hydrogen-bond donors (Lipinski definition) is 3. The van der Waals surface area contributed by atoms with Gasteiger partial charge in [-0.15, -0.1) is 0 Å². The molecule has 3 aliphatic rings. The van der Waals surface area contributed by atoms with Gasteiger partial charge in [-0.25, -0.2) is 0 Å². The molecule has 1 aromatic rings. The average molecular weight is 373 g/mol. The zero-order valence-electron chi connectivity index (χ0n) is 16.6. The minimum atomic E-state index is -0.731. The molecule has 0 fully saturated rings. The second-order valence-electron chi connectivity index (χ2n) is 8.05. The molecule has 3 heteroatoms. The first kappa shape index (κ1) is 18.6. The van der Waals surface area contributed by atoms with Crippen LogP contribution in [0.1, 0.15) is 44.2 Å². The predicted molar refractivity (Wildman–Crippen MR) is 115 cm³/mol. The minimum absolute atomic E-state index is 0.126. The van der Waals surface area contributed by atoms with Crippen molar-refractivity contribution in [1.29, 1.82) is 0 Å². The molecule has 0 saturated heterocycles. The molecule has 144 valence electrons. The van der Waals surface area contributed by atoms with Crippen molar-refractivity contribution in [2.75, 3.05) is 0 Å². The Morgan fingerprint density at radius 2 is 1.75 bits per heavy atom. The molecular weight excluding hydrogens is 346 g/mol. The molecule has 4 rings (SSSR count). The van der Waals surface area contributed by atoms with Crippen molar-refractivity contribution in [2.45, 2.75) is 45.3 Å². The highest BCUT2D eigenvalue weighted by Crippen LogP contribution is 2.34. The van der Waals surface area contributed by atoms with Crippen molar-refractivity contribution in [1.82, 2.24) is 5.32 Å². The zero-order valence-corrected chi connectivity index (χ0v) is 16.6. The van der Waals surface area contributed by atoms with E-state index in [1.54, 1.807) is 6.08 Å². The second kappa shape index (κ2) is 7.33. The van der Waals surface area contributed by atoms with Gasteiger partial charge in [0.1, 0.15) is 5.76 Å². The van der Waals surface area contributed by atoms with E-state index >= 15 is 0 Å². The normalized spacial score (nSPS) is 26.8. The van der Waals surface area contributed by atoms with Crippen LogP contribution in [-0.4, -0.2) is 22.4 Å².